The Bertz CT molecular complexity index is 980. The third kappa shape index (κ3) is 5.68. The van der Waals surface area contributed by atoms with Crippen LogP contribution in [0.4, 0.5) is 14.6 Å². The topological polar surface area (TPSA) is 110 Å². The van der Waals surface area contributed by atoms with Gasteiger partial charge in [0.05, 0.1) is 10.9 Å². The number of aryl methyl sites for hydroxylation is 1. The van der Waals surface area contributed by atoms with E-state index in [1.54, 1.807) is 37.3 Å². The molecule has 31 heavy (non-hydrogen) atoms. The van der Waals surface area contributed by atoms with Gasteiger partial charge in [0.25, 0.3) is 0 Å². The van der Waals surface area contributed by atoms with Crippen molar-refractivity contribution in [3.8, 4) is 0 Å². The van der Waals surface area contributed by atoms with Gasteiger partial charge in [-0.05, 0) is 36.5 Å². The molecule has 7 nitrogen and oxygen atoms in total. The van der Waals surface area contributed by atoms with E-state index in [9.17, 15) is 13.6 Å². The lowest BCUT2D eigenvalue weighted by Gasteiger charge is -2.23. The van der Waals surface area contributed by atoms with Gasteiger partial charge in [0.15, 0.2) is 5.84 Å². The fraction of sp³-hybridized carbons (Fsp3) is 0.381. The number of hydrogen-bond acceptors (Lipinski definition) is 5. The second-order valence-corrected chi connectivity index (χ2v) is 8.23. The number of pyridine rings is 1. The minimum absolute atomic E-state index is 0.200. The van der Waals surface area contributed by atoms with Crippen LogP contribution in [0.15, 0.2) is 41.6 Å². The average molecular weight is 451 g/mol. The molecule has 10 heteroatoms. The van der Waals surface area contributed by atoms with E-state index >= 15 is 0 Å². The number of carbonyl (C=O) groups excluding carboxylic acids is 1. The van der Waals surface area contributed by atoms with Crippen molar-refractivity contribution in [3.63, 3.8) is 0 Å². The third-order valence-corrected chi connectivity index (χ3v) is 5.72. The largest absolute Gasteiger partial charge is 0.382 e. The van der Waals surface area contributed by atoms with Gasteiger partial charge in [-0.3, -0.25) is 4.79 Å². The number of nitrogens with two attached hydrogens (primary N) is 2. The number of aromatic nitrogens is 1. The van der Waals surface area contributed by atoms with Crippen molar-refractivity contribution in [1.29, 1.82) is 0 Å². The highest BCUT2D eigenvalue weighted by Gasteiger charge is 2.45. The first-order valence-electron chi connectivity index (χ1n) is 9.79. The summed E-state index contributed by atoms with van der Waals surface area (Å²) in [6.07, 6.45) is 1.11. The number of rotatable bonds is 6. The maximum absolute atomic E-state index is 13.9. The van der Waals surface area contributed by atoms with Gasteiger partial charge in [0.2, 0.25) is 11.8 Å². The van der Waals surface area contributed by atoms with Crippen LogP contribution in [0.3, 0.4) is 0 Å². The molecule has 1 aromatic heterocycles. The maximum Gasteiger partial charge on any atom is 0.248 e. The Labute approximate surface area is 184 Å². The van der Waals surface area contributed by atoms with Crippen LogP contribution in [0.1, 0.15) is 41.9 Å². The molecule has 3 rings (SSSR count). The van der Waals surface area contributed by atoms with E-state index in [0.717, 1.165) is 10.7 Å². The Hall–Kier alpha value is -2.78. The number of amides is 1. The molecule has 2 unspecified atom stereocenters. The van der Waals surface area contributed by atoms with Crippen molar-refractivity contribution in [2.45, 2.75) is 38.0 Å². The van der Waals surface area contributed by atoms with E-state index in [1.165, 1.54) is 13.2 Å². The molecule has 1 amide bonds. The van der Waals surface area contributed by atoms with Crippen molar-refractivity contribution < 1.29 is 13.6 Å². The Morgan fingerprint density at radius 2 is 2.06 bits per heavy atom. The molecule has 1 saturated carbocycles. The highest BCUT2D eigenvalue weighted by molar-refractivity contribution is 6.31. The van der Waals surface area contributed by atoms with Gasteiger partial charge < -0.3 is 11.1 Å². The van der Waals surface area contributed by atoms with Gasteiger partial charge in [0.1, 0.15) is 5.82 Å². The number of hydrazone groups is 1. The number of benzene rings is 1. The van der Waals surface area contributed by atoms with Gasteiger partial charge in [-0.25, -0.2) is 24.7 Å². The van der Waals surface area contributed by atoms with Crippen molar-refractivity contribution in [2.24, 2.45) is 22.6 Å². The fourth-order valence-corrected chi connectivity index (χ4v) is 3.91. The summed E-state index contributed by atoms with van der Waals surface area (Å²) in [6.45, 7) is 1.79. The van der Waals surface area contributed by atoms with E-state index in [1.807, 2.05) is 0 Å². The highest BCUT2D eigenvalue weighted by Crippen LogP contribution is 2.45. The van der Waals surface area contributed by atoms with E-state index in [-0.39, 0.29) is 25.1 Å². The van der Waals surface area contributed by atoms with Crippen LogP contribution in [0.2, 0.25) is 5.02 Å². The molecule has 0 aliphatic heterocycles. The van der Waals surface area contributed by atoms with Gasteiger partial charge >= 0.3 is 0 Å². The Morgan fingerprint density at radius 1 is 1.39 bits per heavy atom. The molecule has 2 aromatic rings. The number of nitrogens with zero attached hydrogens (tertiary/aromatic N) is 3. The summed E-state index contributed by atoms with van der Waals surface area (Å²) in [6, 6.07) is 8.43. The molecular weight excluding hydrogens is 426 g/mol. The van der Waals surface area contributed by atoms with Crippen LogP contribution in [0.25, 0.3) is 0 Å². The van der Waals surface area contributed by atoms with Crippen LogP contribution < -0.4 is 16.9 Å². The van der Waals surface area contributed by atoms with Crippen LogP contribution in [0.5, 0.6) is 0 Å². The Kier molecular flexibility index (Phi) is 6.76. The second kappa shape index (κ2) is 9.15. The molecule has 1 heterocycles. The molecule has 2 atom stereocenters. The Balaban J connectivity index is 1.89. The highest BCUT2D eigenvalue weighted by atomic mass is 35.5. The van der Waals surface area contributed by atoms with Crippen LogP contribution in [-0.4, -0.2) is 34.8 Å². The standard InChI is InChI=1S/C21H25ClF2N6O/c1-12-9-17(27-11-16(12)22)28-20(31)18(15-7-8-21(23,24)10-15)13-3-5-14(6-4-13)19(25)29-30(2)26/h3-6,9,11,15,18H,7-8,10,26H2,1-2H3,(H2,25,29)(H,27,28,31). The zero-order valence-electron chi connectivity index (χ0n) is 17.3. The quantitative estimate of drug-likeness (QED) is 0.269. The lowest BCUT2D eigenvalue weighted by molar-refractivity contribution is -0.118. The number of amidine groups is 1. The molecule has 0 spiro atoms. The number of alkyl halides is 2. The maximum atomic E-state index is 13.9. The molecule has 1 aromatic carbocycles. The van der Waals surface area contributed by atoms with Crippen molar-refractivity contribution in [3.05, 3.63) is 58.2 Å². The fourth-order valence-electron chi connectivity index (χ4n) is 3.81. The van der Waals surface area contributed by atoms with Crippen LogP contribution in [0, 0.1) is 12.8 Å². The summed E-state index contributed by atoms with van der Waals surface area (Å²) in [5.41, 5.74) is 7.87. The van der Waals surface area contributed by atoms with Crippen molar-refractivity contribution in [2.75, 3.05) is 12.4 Å². The summed E-state index contributed by atoms with van der Waals surface area (Å²) in [5.74, 6) is 1.55. The second-order valence-electron chi connectivity index (χ2n) is 7.83. The van der Waals surface area contributed by atoms with Crippen LogP contribution in [-0.2, 0) is 4.79 Å². The first kappa shape index (κ1) is 22.9. The number of halogens is 3. The molecule has 5 N–H and O–H groups in total. The first-order chi connectivity index (χ1) is 14.6. The number of carbonyl (C=O) groups is 1. The summed E-state index contributed by atoms with van der Waals surface area (Å²) in [4.78, 5) is 17.3. The molecule has 1 fully saturated rings. The smallest absolute Gasteiger partial charge is 0.248 e. The minimum atomic E-state index is -2.78. The SMILES string of the molecule is Cc1cc(NC(=O)C(c2ccc(/C(N)=N/N(C)N)cc2)C2CCC(F)(F)C2)ncc1Cl. The lowest BCUT2D eigenvalue weighted by atomic mass is 9.83. The van der Waals surface area contributed by atoms with Gasteiger partial charge in [-0.1, -0.05) is 35.9 Å². The number of anilines is 1. The van der Waals surface area contributed by atoms with Gasteiger partial charge in [0, 0.05) is 31.6 Å². The van der Waals surface area contributed by atoms with E-state index in [2.05, 4.69) is 15.4 Å². The molecule has 0 bridgehead atoms. The molecule has 0 radical (unpaired) electrons. The van der Waals surface area contributed by atoms with E-state index < -0.39 is 23.7 Å². The van der Waals surface area contributed by atoms with Crippen LogP contribution >= 0.6 is 11.6 Å². The zero-order chi connectivity index (χ0) is 22.8. The van der Waals surface area contributed by atoms with Gasteiger partial charge in [-0.2, -0.15) is 0 Å². The van der Waals surface area contributed by atoms with Gasteiger partial charge in [-0.15, -0.1) is 5.10 Å². The minimum Gasteiger partial charge on any atom is -0.382 e. The predicted molar refractivity (Wildman–Crippen MR) is 117 cm³/mol. The molecule has 1 aliphatic rings. The molecule has 1 aliphatic carbocycles. The number of hydrazine groups is 1. The lowest BCUT2D eigenvalue weighted by Crippen LogP contribution is -2.28. The first-order valence-corrected chi connectivity index (χ1v) is 10.2. The average Bonchev–Trinajstić information content (AvgIpc) is 3.04. The number of nitrogens with one attached hydrogen (secondary N) is 1. The summed E-state index contributed by atoms with van der Waals surface area (Å²) in [5, 5.41) is 8.24. The molecule has 166 valence electrons. The Morgan fingerprint density at radius 3 is 2.61 bits per heavy atom. The van der Waals surface area contributed by atoms with E-state index in [0.29, 0.717) is 22.0 Å². The van der Waals surface area contributed by atoms with Crippen molar-refractivity contribution >= 4 is 29.2 Å². The molecule has 0 saturated heterocycles. The van der Waals surface area contributed by atoms with Crippen molar-refractivity contribution in [1.82, 2.24) is 10.1 Å². The van der Waals surface area contributed by atoms with E-state index in [4.69, 9.17) is 23.2 Å². The predicted octanol–water partition coefficient (Wildman–Crippen LogP) is 3.63. The third-order valence-electron chi connectivity index (χ3n) is 5.32. The normalized spacial score (nSPS) is 19.2. The summed E-state index contributed by atoms with van der Waals surface area (Å²) in [7, 11) is 1.54. The molecular formula is C21H25ClF2N6O. The summed E-state index contributed by atoms with van der Waals surface area (Å²) >= 11 is 5.99. The number of hydrogen-bond donors (Lipinski definition) is 3. The summed E-state index contributed by atoms with van der Waals surface area (Å²) < 4.78 is 27.9. The zero-order valence-corrected chi connectivity index (χ0v) is 18.0. The monoisotopic (exact) mass is 450 g/mol.